The minimum absolute atomic E-state index is 0.0231. The molecule has 0 saturated carbocycles. The molecule has 0 aliphatic carbocycles. The van der Waals surface area contributed by atoms with Crippen LogP contribution in [0.1, 0.15) is 5.56 Å². The van der Waals surface area contributed by atoms with E-state index in [1.807, 2.05) is 0 Å². The molecule has 0 amide bonds. The summed E-state index contributed by atoms with van der Waals surface area (Å²) in [4.78, 5) is -0.194. The number of rotatable bonds is 3. The van der Waals surface area contributed by atoms with Gasteiger partial charge in [0, 0.05) is 0 Å². The van der Waals surface area contributed by atoms with Crippen LogP contribution in [-0.2, 0) is 16.3 Å². The second-order valence-electron chi connectivity index (χ2n) is 3.10. The highest BCUT2D eigenvalue weighted by atomic mass is 32.2. The van der Waals surface area contributed by atoms with Crippen LogP contribution in [0.25, 0.3) is 0 Å². The molecule has 1 aromatic carbocycles. The molecule has 0 fully saturated rings. The molecule has 84 valence electrons. The molecular formula is C7H8BF3NO2S-. The second-order valence-corrected chi connectivity index (χ2v) is 4.66. The zero-order valence-corrected chi connectivity index (χ0v) is 8.35. The van der Waals surface area contributed by atoms with E-state index < -0.39 is 23.3 Å². The first kappa shape index (κ1) is 12.1. The van der Waals surface area contributed by atoms with Gasteiger partial charge < -0.3 is 12.9 Å². The maximum Gasteiger partial charge on any atom is 0.482 e. The van der Waals surface area contributed by atoms with Gasteiger partial charge in [0.15, 0.2) is 0 Å². The number of benzene rings is 1. The lowest BCUT2D eigenvalue weighted by atomic mass is 9.82. The average Bonchev–Trinajstić information content (AvgIpc) is 2.00. The fraction of sp³-hybridized carbons (Fsp3) is 0.143. The minimum atomic E-state index is -4.91. The Bertz CT molecular complexity index is 440. The fourth-order valence-corrected chi connectivity index (χ4v) is 1.60. The molecule has 0 atom stereocenters. The number of nitrogens with two attached hydrogens (primary N) is 1. The predicted octanol–water partition coefficient (Wildman–Crippen LogP) is 1.26. The molecule has 0 aromatic heterocycles. The molecule has 0 aliphatic heterocycles. The van der Waals surface area contributed by atoms with Crippen molar-refractivity contribution in [2.24, 2.45) is 5.14 Å². The molecule has 8 heteroatoms. The standard InChI is InChI=1S/C7H8BF3NO2S/c9-8(10,11)5-6-1-3-7(4-2-6)15(12,13)14/h1-4H,5H2,(H2,12,13,14)/q-1. The van der Waals surface area contributed by atoms with Gasteiger partial charge >= 0.3 is 6.98 Å². The van der Waals surface area contributed by atoms with Gasteiger partial charge in [-0.2, -0.15) is 0 Å². The highest BCUT2D eigenvalue weighted by Crippen LogP contribution is 2.17. The van der Waals surface area contributed by atoms with E-state index in [1.165, 1.54) is 0 Å². The lowest BCUT2D eigenvalue weighted by Gasteiger charge is -2.13. The summed E-state index contributed by atoms with van der Waals surface area (Å²) in [6, 6.07) is 4.34. The normalized spacial score (nSPS) is 12.8. The Hall–Kier alpha value is -1.02. The molecule has 2 N–H and O–H groups in total. The van der Waals surface area contributed by atoms with Crippen molar-refractivity contribution in [1.82, 2.24) is 0 Å². The van der Waals surface area contributed by atoms with Gasteiger partial charge in [-0.15, -0.1) is 0 Å². The smallest absolute Gasteiger partial charge is 0.449 e. The average molecular weight is 238 g/mol. The first-order valence-electron chi connectivity index (χ1n) is 4.01. The Labute approximate surface area is 85.2 Å². The molecule has 0 unspecified atom stereocenters. The monoisotopic (exact) mass is 238 g/mol. The van der Waals surface area contributed by atoms with E-state index in [-0.39, 0.29) is 10.5 Å². The summed E-state index contributed by atoms with van der Waals surface area (Å²) >= 11 is 0. The van der Waals surface area contributed by atoms with Crippen molar-refractivity contribution in [3.63, 3.8) is 0 Å². The van der Waals surface area contributed by atoms with E-state index >= 15 is 0 Å². The van der Waals surface area contributed by atoms with Crippen molar-refractivity contribution < 1.29 is 21.4 Å². The maximum absolute atomic E-state index is 12.0. The van der Waals surface area contributed by atoms with Gasteiger partial charge in [-0.25, -0.2) is 13.6 Å². The highest BCUT2D eigenvalue weighted by molar-refractivity contribution is 7.89. The fourth-order valence-electron chi connectivity index (χ4n) is 1.08. The summed E-state index contributed by atoms with van der Waals surface area (Å²) in [5.41, 5.74) is 0.0231. The van der Waals surface area contributed by atoms with Crippen LogP contribution in [0.4, 0.5) is 12.9 Å². The molecule has 0 bridgehead atoms. The maximum atomic E-state index is 12.0. The summed E-state index contributed by atoms with van der Waals surface area (Å²) in [7, 11) is -3.84. The Morgan fingerprint density at radius 1 is 1.13 bits per heavy atom. The quantitative estimate of drug-likeness (QED) is 0.806. The highest BCUT2D eigenvalue weighted by Gasteiger charge is 2.23. The predicted molar refractivity (Wildman–Crippen MR) is 50.6 cm³/mol. The topological polar surface area (TPSA) is 60.2 Å². The van der Waals surface area contributed by atoms with Crippen LogP contribution in [0, 0.1) is 0 Å². The van der Waals surface area contributed by atoms with Crippen molar-refractivity contribution >= 4 is 17.0 Å². The van der Waals surface area contributed by atoms with Crippen molar-refractivity contribution in [3.8, 4) is 0 Å². The third-order valence-electron chi connectivity index (χ3n) is 1.72. The van der Waals surface area contributed by atoms with Crippen LogP contribution >= 0.6 is 0 Å². The van der Waals surface area contributed by atoms with E-state index in [1.54, 1.807) is 0 Å². The van der Waals surface area contributed by atoms with Crippen molar-refractivity contribution in [2.45, 2.75) is 11.2 Å². The van der Waals surface area contributed by atoms with Gasteiger partial charge in [0.2, 0.25) is 10.0 Å². The molecule has 15 heavy (non-hydrogen) atoms. The Morgan fingerprint density at radius 3 is 1.93 bits per heavy atom. The van der Waals surface area contributed by atoms with Crippen LogP contribution in [0.5, 0.6) is 0 Å². The van der Waals surface area contributed by atoms with E-state index in [4.69, 9.17) is 5.14 Å². The first-order chi connectivity index (χ1) is 6.68. The second kappa shape index (κ2) is 3.86. The zero-order valence-electron chi connectivity index (χ0n) is 7.53. The largest absolute Gasteiger partial charge is 0.482 e. The molecular weight excluding hydrogens is 230 g/mol. The molecule has 0 spiro atoms. The first-order valence-corrected chi connectivity index (χ1v) is 5.56. The van der Waals surface area contributed by atoms with Crippen LogP contribution in [-0.4, -0.2) is 15.4 Å². The van der Waals surface area contributed by atoms with E-state index in [9.17, 15) is 21.4 Å². The van der Waals surface area contributed by atoms with Gasteiger partial charge in [-0.3, -0.25) is 0 Å². The van der Waals surface area contributed by atoms with Gasteiger partial charge in [-0.05, 0) is 12.1 Å². The number of sulfonamides is 1. The van der Waals surface area contributed by atoms with Gasteiger partial charge in [0.1, 0.15) is 0 Å². The van der Waals surface area contributed by atoms with Crippen molar-refractivity contribution in [1.29, 1.82) is 0 Å². The third-order valence-corrected chi connectivity index (χ3v) is 2.65. The molecule has 0 saturated heterocycles. The van der Waals surface area contributed by atoms with Crippen LogP contribution in [0.2, 0.25) is 0 Å². The van der Waals surface area contributed by atoms with Gasteiger partial charge in [-0.1, -0.05) is 24.0 Å². The number of hydrogen-bond acceptors (Lipinski definition) is 2. The summed E-state index contributed by atoms with van der Waals surface area (Å²) in [6.07, 6.45) is -1.02. The molecule has 0 radical (unpaired) electrons. The van der Waals surface area contributed by atoms with Crippen LogP contribution < -0.4 is 5.14 Å². The number of halogens is 3. The minimum Gasteiger partial charge on any atom is -0.449 e. The summed E-state index contributed by atoms with van der Waals surface area (Å²) in [5, 5.41) is 4.79. The van der Waals surface area contributed by atoms with Crippen LogP contribution in [0.15, 0.2) is 29.2 Å². The van der Waals surface area contributed by atoms with Crippen LogP contribution in [0.3, 0.4) is 0 Å². The van der Waals surface area contributed by atoms with E-state index in [0.29, 0.717) is 0 Å². The molecule has 1 rings (SSSR count). The summed E-state index contributed by atoms with van der Waals surface area (Å²) in [6.45, 7) is -4.91. The Morgan fingerprint density at radius 2 is 1.60 bits per heavy atom. The lowest BCUT2D eigenvalue weighted by Crippen LogP contribution is -2.19. The molecule has 1 aromatic rings. The number of primary sulfonamides is 1. The van der Waals surface area contributed by atoms with E-state index in [0.717, 1.165) is 24.3 Å². The van der Waals surface area contributed by atoms with Gasteiger partial charge in [0.25, 0.3) is 0 Å². The Kier molecular flexibility index (Phi) is 3.10. The zero-order chi connectivity index (χ0) is 11.7. The third kappa shape index (κ3) is 3.92. The molecule has 0 heterocycles. The van der Waals surface area contributed by atoms with Crippen molar-refractivity contribution in [3.05, 3.63) is 29.8 Å². The van der Waals surface area contributed by atoms with Gasteiger partial charge in [0.05, 0.1) is 4.90 Å². The summed E-state index contributed by atoms with van der Waals surface area (Å²) < 4.78 is 57.6. The summed E-state index contributed by atoms with van der Waals surface area (Å²) in [5.74, 6) is 0. The number of hydrogen-bond donors (Lipinski definition) is 1. The SMILES string of the molecule is NS(=O)(=O)c1ccc(C[B-](F)(F)F)cc1. The Balaban J connectivity index is 2.92. The molecule has 0 aliphatic rings. The molecule has 3 nitrogen and oxygen atoms in total. The van der Waals surface area contributed by atoms with E-state index in [2.05, 4.69) is 0 Å². The lowest BCUT2D eigenvalue weighted by molar-refractivity contribution is 0.468. The van der Waals surface area contributed by atoms with Crippen molar-refractivity contribution in [2.75, 3.05) is 0 Å².